The van der Waals surface area contributed by atoms with Gasteiger partial charge in [-0.15, -0.1) is 0 Å². The van der Waals surface area contributed by atoms with Gasteiger partial charge in [-0.2, -0.15) is 4.98 Å². The molecule has 9 nitrogen and oxygen atoms in total. The highest BCUT2D eigenvalue weighted by molar-refractivity contribution is 5.68. The molecule has 0 saturated heterocycles. The van der Waals surface area contributed by atoms with Crippen LogP contribution in [0.15, 0.2) is 11.0 Å². The average molecular weight is 282 g/mol. The van der Waals surface area contributed by atoms with Crippen molar-refractivity contribution in [2.75, 3.05) is 13.7 Å². The molecule has 0 fully saturated rings. The number of aliphatic hydroxyl groups excluding tert-OH is 3. The zero-order valence-corrected chi connectivity index (χ0v) is 10.9. The van der Waals surface area contributed by atoms with Crippen LogP contribution in [0.3, 0.4) is 0 Å². The number of fused-ring (bicyclic) bond motifs is 1. The molecule has 0 saturated carbocycles. The van der Waals surface area contributed by atoms with Gasteiger partial charge in [0.05, 0.1) is 25.6 Å². The van der Waals surface area contributed by atoms with Crippen LogP contribution in [-0.2, 0) is 7.05 Å². The SMILES string of the molecule is COc1nc2ncc([C@@H](O)[C@@H](O)CO)nc2c(=O)n1C. The van der Waals surface area contributed by atoms with Gasteiger partial charge in [0.1, 0.15) is 12.2 Å². The average Bonchev–Trinajstić information content (AvgIpc) is 2.48. The van der Waals surface area contributed by atoms with Gasteiger partial charge in [-0.05, 0) is 0 Å². The van der Waals surface area contributed by atoms with Crippen molar-refractivity contribution in [3.8, 4) is 6.01 Å². The molecule has 0 aliphatic rings. The summed E-state index contributed by atoms with van der Waals surface area (Å²) in [5, 5.41) is 27.9. The molecular formula is C11H14N4O5. The number of rotatable bonds is 4. The largest absolute Gasteiger partial charge is 0.468 e. The van der Waals surface area contributed by atoms with E-state index in [4.69, 9.17) is 9.84 Å². The molecular weight excluding hydrogens is 268 g/mol. The quantitative estimate of drug-likeness (QED) is 0.594. The minimum Gasteiger partial charge on any atom is -0.468 e. The fraction of sp³-hybridized carbons (Fsp3) is 0.455. The third-order valence-corrected chi connectivity index (χ3v) is 2.80. The zero-order chi connectivity index (χ0) is 14.9. The van der Waals surface area contributed by atoms with Crippen LogP contribution in [0.1, 0.15) is 11.8 Å². The van der Waals surface area contributed by atoms with E-state index in [-0.39, 0.29) is 22.9 Å². The lowest BCUT2D eigenvalue weighted by atomic mass is 10.1. The summed E-state index contributed by atoms with van der Waals surface area (Å²) in [6.45, 7) is -0.639. The van der Waals surface area contributed by atoms with Crippen molar-refractivity contribution in [3.63, 3.8) is 0 Å². The molecule has 2 heterocycles. The standard InChI is InChI=1S/C11H14N4O5/c1-15-10(19)7-9(14-11(15)20-2)12-3-5(13-7)8(18)6(17)4-16/h3,6,8,16-18H,4H2,1-2H3/t6-,8+/m0/s1. The van der Waals surface area contributed by atoms with Gasteiger partial charge in [-0.3, -0.25) is 9.36 Å². The van der Waals surface area contributed by atoms with Gasteiger partial charge in [0.25, 0.3) is 5.56 Å². The lowest BCUT2D eigenvalue weighted by Gasteiger charge is -2.14. The summed E-state index contributed by atoms with van der Waals surface area (Å²) in [4.78, 5) is 23.9. The molecule has 2 rings (SSSR count). The van der Waals surface area contributed by atoms with Crippen LogP contribution >= 0.6 is 0 Å². The van der Waals surface area contributed by atoms with Crippen molar-refractivity contribution in [1.82, 2.24) is 19.5 Å². The van der Waals surface area contributed by atoms with E-state index in [1.165, 1.54) is 20.4 Å². The number of aromatic nitrogens is 4. The molecule has 0 bridgehead atoms. The summed E-state index contributed by atoms with van der Waals surface area (Å²) in [6.07, 6.45) is -1.67. The first-order chi connectivity index (χ1) is 9.49. The third kappa shape index (κ3) is 2.33. The fourth-order valence-electron chi connectivity index (χ4n) is 1.66. The van der Waals surface area contributed by atoms with E-state index in [0.29, 0.717) is 0 Å². The minimum atomic E-state index is -1.44. The molecule has 0 aliphatic carbocycles. The molecule has 0 amide bonds. The fourth-order valence-corrected chi connectivity index (χ4v) is 1.66. The van der Waals surface area contributed by atoms with E-state index in [0.717, 1.165) is 4.57 Å². The number of ether oxygens (including phenoxy) is 1. The number of hydrogen-bond acceptors (Lipinski definition) is 8. The third-order valence-electron chi connectivity index (χ3n) is 2.80. The van der Waals surface area contributed by atoms with Gasteiger partial charge in [0.2, 0.25) is 0 Å². The molecule has 108 valence electrons. The van der Waals surface area contributed by atoms with Crippen molar-refractivity contribution in [1.29, 1.82) is 0 Å². The van der Waals surface area contributed by atoms with E-state index < -0.39 is 24.4 Å². The van der Waals surface area contributed by atoms with Crippen LogP contribution in [0.5, 0.6) is 6.01 Å². The zero-order valence-electron chi connectivity index (χ0n) is 10.9. The number of methoxy groups -OCH3 is 1. The maximum absolute atomic E-state index is 12.1. The van der Waals surface area contributed by atoms with Crippen LogP contribution in [0.25, 0.3) is 11.2 Å². The highest BCUT2D eigenvalue weighted by Crippen LogP contribution is 2.16. The highest BCUT2D eigenvalue weighted by atomic mass is 16.5. The Hall–Kier alpha value is -2.10. The second-order valence-electron chi connectivity index (χ2n) is 4.12. The molecule has 0 aromatic carbocycles. The Morgan fingerprint density at radius 1 is 1.40 bits per heavy atom. The van der Waals surface area contributed by atoms with Crippen molar-refractivity contribution in [2.45, 2.75) is 12.2 Å². The van der Waals surface area contributed by atoms with E-state index in [1.807, 2.05) is 0 Å². The normalized spacial score (nSPS) is 14.2. The van der Waals surface area contributed by atoms with Gasteiger partial charge in [-0.1, -0.05) is 0 Å². The summed E-state index contributed by atoms with van der Waals surface area (Å²) in [5.74, 6) is 0. The maximum Gasteiger partial charge on any atom is 0.300 e. The Kier molecular flexibility index (Phi) is 3.93. The maximum atomic E-state index is 12.1. The van der Waals surface area contributed by atoms with Crippen molar-refractivity contribution < 1.29 is 20.1 Å². The Morgan fingerprint density at radius 2 is 2.10 bits per heavy atom. The summed E-state index contributed by atoms with van der Waals surface area (Å²) >= 11 is 0. The molecule has 3 N–H and O–H groups in total. The first-order valence-corrected chi connectivity index (χ1v) is 5.74. The monoisotopic (exact) mass is 282 g/mol. The molecule has 0 radical (unpaired) electrons. The smallest absolute Gasteiger partial charge is 0.300 e. The van der Waals surface area contributed by atoms with E-state index >= 15 is 0 Å². The van der Waals surface area contributed by atoms with Gasteiger partial charge >= 0.3 is 6.01 Å². The van der Waals surface area contributed by atoms with E-state index in [9.17, 15) is 15.0 Å². The molecule has 0 spiro atoms. The number of nitrogens with zero attached hydrogens (tertiary/aromatic N) is 4. The lowest BCUT2D eigenvalue weighted by molar-refractivity contribution is -0.0173. The predicted octanol–water partition coefficient (Wildman–Crippen LogP) is -1.88. The molecule has 20 heavy (non-hydrogen) atoms. The summed E-state index contributed by atoms with van der Waals surface area (Å²) in [5.41, 5.74) is -0.510. The molecule has 0 aliphatic heterocycles. The molecule has 2 atom stereocenters. The summed E-state index contributed by atoms with van der Waals surface area (Å²) in [6, 6.07) is 0.0838. The molecule has 2 aromatic rings. The molecule has 2 aromatic heterocycles. The predicted molar refractivity (Wildman–Crippen MR) is 67.2 cm³/mol. The second-order valence-corrected chi connectivity index (χ2v) is 4.12. The highest BCUT2D eigenvalue weighted by Gasteiger charge is 2.21. The topological polar surface area (TPSA) is 131 Å². The lowest BCUT2D eigenvalue weighted by Crippen LogP contribution is -2.25. The Labute approximate surface area is 113 Å². The Bertz CT molecular complexity index is 686. The van der Waals surface area contributed by atoms with Crippen LogP contribution in [0.4, 0.5) is 0 Å². The Balaban J connectivity index is 2.60. The van der Waals surface area contributed by atoms with Gasteiger partial charge in [0, 0.05) is 7.05 Å². The number of aliphatic hydroxyl groups is 3. The van der Waals surface area contributed by atoms with Crippen molar-refractivity contribution >= 4 is 11.2 Å². The summed E-state index contributed by atoms with van der Waals surface area (Å²) < 4.78 is 6.08. The second kappa shape index (κ2) is 5.49. The van der Waals surface area contributed by atoms with Crippen LogP contribution < -0.4 is 10.3 Å². The van der Waals surface area contributed by atoms with Crippen molar-refractivity contribution in [3.05, 3.63) is 22.2 Å². The van der Waals surface area contributed by atoms with Gasteiger partial charge < -0.3 is 20.1 Å². The first-order valence-electron chi connectivity index (χ1n) is 5.74. The van der Waals surface area contributed by atoms with Crippen LogP contribution in [0.2, 0.25) is 0 Å². The van der Waals surface area contributed by atoms with Gasteiger partial charge in [-0.25, -0.2) is 9.97 Å². The van der Waals surface area contributed by atoms with Crippen LogP contribution in [-0.4, -0.2) is 54.7 Å². The molecule has 9 heteroatoms. The molecule has 0 unspecified atom stereocenters. The number of hydrogen-bond donors (Lipinski definition) is 3. The minimum absolute atomic E-state index is 0.0249. The van der Waals surface area contributed by atoms with E-state index in [2.05, 4.69) is 15.0 Å². The Morgan fingerprint density at radius 3 is 2.70 bits per heavy atom. The first kappa shape index (κ1) is 14.3. The summed E-state index contributed by atoms with van der Waals surface area (Å²) in [7, 11) is 2.83. The van der Waals surface area contributed by atoms with Gasteiger partial charge in [0.15, 0.2) is 11.2 Å². The van der Waals surface area contributed by atoms with E-state index in [1.54, 1.807) is 0 Å². The van der Waals surface area contributed by atoms with Crippen molar-refractivity contribution in [2.24, 2.45) is 7.05 Å². The van der Waals surface area contributed by atoms with Crippen LogP contribution in [0, 0.1) is 0 Å².